The molecule has 2 fully saturated rings. The molecule has 6 rings (SSSR count). The van der Waals surface area contributed by atoms with Crippen LogP contribution in [0.2, 0.25) is 0 Å². The quantitative estimate of drug-likeness (QED) is 0.248. The van der Waals surface area contributed by atoms with Crippen molar-refractivity contribution in [3.63, 3.8) is 0 Å². The average molecular weight is 645 g/mol. The number of amides is 1. The largest absolute Gasteiger partial charge is 0.496 e. The van der Waals surface area contributed by atoms with Gasteiger partial charge in [-0.25, -0.2) is 17.4 Å². The highest BCUT2D eigenvalue weighted by Crippen LogP contribution is 2.49. The number of carbonyl (C=O) groups excluding carboxylic acids is 1. The summed E-state index contributed by atoms with van der Waals surface area (Å²) in [4.78, 5) is 38.6. The third-order valence-corrected chi connectivity index (χ3v) is 11.7. The molecule has 0 unspecified atom stereocenters. The van der Waals surface area contributed by atoms with Gasteiger partial charge in [-0.15, -0.1) is 6.58 Å². The molecule has 242 valence electrons. The van der Waals surface area contributed by atoms with E-state index < -0.39 is 20.7 Å². The normalized spacial score (nSPS) is 16.4. The van der Waals surface area contributed by atoms with Crippen LogP contribution in [-0.2, 0) is 16.6 Å². The average Bonchev–Trinajstić information content (AvgIpc) is 3.76. The summed E-state index contributed by atoms with van der Waals surface area (Å²) in [5.41, 5.74) is 3.47. The number of hydrogen-bond donors (Lipinski definition) is 2. The van der Waals surface area contributed by atoms with Gasteiger partial charge in [-0.1, -0.05) is 6.08 Å². The van der Waals surface area contributed by atoms with Gasteiger partial charge in [0.25, 0.3) is 11.5 Å². The number of carbonyl (C=O) groups is 1. The summed E-state index contributed by atoms with van der Waals surface area (Å²) < 4.78 is 34.1. The number of nitrogens with zero attached hydrogens (tertiary/aromatic N) is 4. The summed E-state index contributed by atoms with van der Waals surface area (Å²) in [6, 6.07) is 9.19. The molecule has 1 saturated carbocycles. The van der Waals surface area contributed by atoms with E-state index in [0.29, 0.717) is 58.3 Å². The Morgan fingerprint density at radius 3 is 2.54 bits per heavy atom. The number of methoxy groups -OCH3 is 1. The molecule has 1 saturated heterocycles. The van der Waals surface area contributed by atoms with Gasteiger partial charge in [-0.2, -0.15) is 0 Å². The van der Waals surface area contributed by atoms with Crippen molar-refractivity contribution in [1.82, 2.24) is 24.2 Å². The van der Waals surface area contributed by atoms with E-state index in [4.69, 9.17) is 4.74 Å². The maximum Gasteiger partial charge on any atom is 0.256 e. The Labute approximate surface area is 268 Å². The third kappa shape index (κ3) is 5.60. The zero-order valence-corrected chi connectivity index (χ0v) is 27.5. The summed E-state index contributed by atoms with van der Waals surface area (Å²) in [7, 11) is -0.242. The third-order valence-electron chi connectivity index (χ3n) is 9.22. The van der Waals surface area contributed by atoms with Crippen LogP contribution in [-0.4, -0.2) is 78.2 Å². The maximum absolute atomic E-state index is 14.1. The van der Waals surface area contributed by atoms with Crippen LogP contribution in [0.4, 0.5) is 5.82 Å². The zero-order chi connectivity index (χ0) is 32.8. The highest BCUT2D eigenvalue weighted by atomic mass is 32.2. The number of aromatic nitrogens is 3. The summed E-state index contributed by atoms with van der Waals surface area (Å²) in [5, 5.41) is 3.43. The van der Waals surface area contributed by atoms with Crippen molar-refractivity contribution in [2.75, 3.05) is 45.2 Å². The molecule has 11 nitrogen and oxygen atoms in total. The van der Waals surface area contributed by atoms with E-state index in [-0.39, 0.29) is 17.7 Å². The Hall–Kier alpha value is -4.42. The van der Waals surface area contributed by atoms with Crippen molar-refractivity contribution < 1.29 is 17.9 Å². The van der Waals surface area contributed by atoms with Gasteiger partial charge >= 0.3 is 0 Å². The van der Waals surface area contributed by atoms with Crippen LogP contribution in [0.25, 0.3) is 22.0 Å². The number of piperazine rings is 1. The minimum absolute atomic E-state index is 0.0767. The van der Waals surface area contributed by atoms with E-state index in [9.17, 15) is 18.0 Å². The first kappa shape index (κ1) is 31.6. The number of aryl methyl sites for hydroxylation is 2. The fourth-order valence-corrected chi connectivity index (χ4v) is 8.42. The van der Waals surface area contributed by atoms with Crippen molar-refractivity contribution in [1.29, 1.82) is 0 Å². The standard InChI is InChI=1S/C34H40N6O5S/c1-6-8-34(9-10-34)46(43,44)40-21-22(2)31-26(32(41)36-20-27-29(45-5)16-23(3)37-33(27)42)17-25(18-28(31)40)24-7-11-35-30(19-24)39-14-12-38(4)13-15-39/h6-7,11,16-19,21H,1,8-10,12-15,20H2,2-5H3,(H,36,41)(H,37,42). The Morgan fingerprint density at radius 1 is 1.13 bits per heavy atom. The van der Waals surface area contributed by atoms with Gasteiger partial charge in [-0.3, -0.25) is 9.59 Å². The second kappa shape index (κ2) is 12.1. The van der Waals surface area contributed by atoms with Crippen LogP contribution in [0.1, 0.15) is 46.4 Å². The lowest BCUT2D eigenvalue weighted by molar-refractivity contribution is 0.0952. The molecule has 1 aromatic carbocycles. The monoisotopic (exact) mass is 644 g/mol. The number of pyridine rings is 2. The molecular weight excluding hydrogens is 604 g/mol. The number of fused-ring (bicyclic) bond motifs is 1. The number of benzene rings is 1. The molecule has 1 amide bonds. The van der Waals surface area contributed by atoms with E-state index in [1.165, 1.54) is 11.1 Å². The molecule has 46 heavy (non-hydrogen) atoms. The van der Waals surface area contributed by atoms with Crippen LogP contribution < -0.4 is 20.5 Å². The van der Waals surface area contributed by atoms with Crippen LogP contribution in [0.3, 0.4) is 0 Å². The predicted molar refractivity (Wildman–Crippen MR) is 180 cm³/mol. The zero-order valence-electron chi connectivity index (χ0n) is 26.7. The summed E-state index contributed by atoms with van der Waals surface area (Å²) in [5.74, 6) is 0.760. The van der Waals surface area contributed by atoms with Gasteiger partial charge in [-0.05, 0) is 87.2 Å². The number of H-pyrrole nitrogens is 1. The van der Waals surface area contributed by atoms with Gasteiger partial charge in [0.1, 0.15) is 11.6 Å². The molecular formula is C34H40N6O5S. The predicted octanol–water partition coefficient (Wildman–Crippen LogP) is 3.99. The van der Waals surface area contributed by atoms with Crippen molar-refractivity contribution in [2.24, 2.45) is 0 Å². The number of ether oxygens (including phenoxy) is 1. The fourth-order valence-electron chi connectivity index (χ4n) is 6.35. The van der Waals surface area contributed by atoms with Crippen LogP contribution in [0.15, 0.2) is 60.2 Å². The number of allylic oxidation sites excluding steroid dienone is 1. The van der Waals surface area contributed by atoms with Gasteiger partial charge in [0.05, 0.1) is 29.5 Å². The number of anilines is 1. The second-order valence-corrected chi connectivity index (χ2v) is 14.6. The Kier molecular flexibility index (Phi) is 8.28. The number of likely N-dealkylation sites (N-methyl/N-ethyl adjacent to an activating group) is 1. The van der Waals surface area contributed by atoms with Crippen molar-refractivity contribution in [3.8, 4) is 16.9 Å². The molecule has 0 spiro atoms. The van der Waals surface area contributed by atoms with E-state index in [1.807, 2.05) is 25.1 Å². The van der Waals surface area contributed by atoms with E-state index >= 15 is 0 Å². The molecule has 4 aromatic rings. The molecule has 0 radical (unpaired) electrons. The smallest absolute Gasteiger partial charge is 0.256 e. The Morgan fingerprint density at radius 2 is 1.87 bits per heavy atom. The molecule has 12 heteroatoms. The second-order valence-electron chi connectivity index (χ2n) is 12.4. The number of nitrogens with one attached hydrogen (secondary N) is 2. The van der Waals surface area contributed by atoms with Crippen LogP contribution in [0, 0.1) is 13.8 Å². The van der Waals surface area contributed by atoms with Gasteiger partial charge < -0.3 is 24.8 Å². The highest BCUT2D eigenvalue weighted by Gasteiger charge is 2.54. The molecule has 1 aliphatic heterocycles. The number of hydrogen-bond acceptors (Lipinski definition) is 8. The minimum atomic E-state index is -3.81. The fraction of sp³-hybridized carbons (Fsp3) is 0.382. The van der Waals surface area contributed by atoms with Gasteiger partial charge in [0.15, 0.2) is 0 Å². The molecule has 4 heterocycles. The first-order valence-electron chi connectivity index (χ1n) is 15.4. The first-order chi connectivity index (χ1) is 22.0. The molecule has 0 bridgehead atoms. The molecule has 1 aliphatic carbocycles. The van der Waals surface area contributed by atoms with E-state index in [1.54, 1.807) is 37.5 Å². The lowest BCUT2D eigenvalue weighted by Crippen LogP contribution is -2.44. The van der Waals surface area contributed by atoms with Crippen molar-refractivity contribution in [2.45, 2.75) is 44.4 Å². The number of aromatic amines is 1. The molecule has 3 aromatic heterocycles. The minimum Gasteiger partial charge on any atom is -0.496 e. The molecule has 2 N–H and O–H groups in total. The molecule has 2 aliphatic rings. The van der Waals surface area contributed by atoms with Gasteiger partial charge in [0, 0.05) is 55.2 Å². The Bertz CT molecular complexity index is 2000. The Balaban J connectivity index is 1.47. The van der Waals surface area contributed by atoms with E-state index in [2.05, 4.69) is 38.7 Å². The summed E-state index contributed by atoms with van der Waals surface area (Å²) in [6.45, 7) is 10.8. The van der Waals surface area contributed by atoms with Crippen molar-refractivity contribution in [3.05, 3.63) is 88.1 Å². The maximum atomic E-state index is 14.1. The van der Waals surface area contributed by atoms with Crippen LogP contribution >= 0.6 is 0 Å². The van der Waals surface area contributed by atoms with Gasteiger partial charge in [0.2, 0.25) is 10.0 Å². The van der Waals surface area contributed by atoms with Crippen molar-refractivity contribution >= 4 is 32.7 Å². The number of rotatable bonds is 10. The topological polar surface area (TPSA) is 130 Å². The van der Waals surface area contributed by atoms with E-state index in [0.717, 1.165) is 37.6 Å². The summed E-state index contributed by atoms with van der Waals surface area (Å²) in [6.07, 6.45) is 6.47. The van der Waals surface area contributed by atoms with Crippen LogP contribution in [0.5, 0.6) is 5.75 Å². The molecule has 0 atom stereocenters. The highest BCUT2D eigenvalue weighted by molar-refractivity contribution is 7.91. The SMILES string of the molecule is C=CCC1(S(=O)(=O)n2cc(C)c3c(C(=O)NCc4c(OC)cc(C)[nH]c4=O)cc(-c4ccnc(N5CCN(C)CC5)c4)cc32)CC1. The first-order valence-corrected chi connectivity index (χ1v) is 16.9. The lowest BCUT2D eigenvalue weighted by atomic mass is 9.98. The lowest BCUT2D eigenvalue weighted by Gasteiger charge is -2.33. The summed E-state index contributed by atoms with van der Waals surface area (Å²) >= 11 is 0.